The van der Waals surface area contributed by atoms with Gasteiger partial charge < -0.3 is 40.9 Å². The van der Waals surface area contributed by atoms with Crippen LogP contribution in [0.4, 0.5) is 0 Å². The summed E-state index contributed by atoms with van der Waals surface area (Å²) in [5.74, 6) is 0. The van der Waals surface area contributed by atoms with E-state index >= 15 is 0 Å². The van der Waals surface area contributed by atoms with E-state index in [1.54, 1.807) is 0 Å². The molecule has 8 N–H and O–H groups in total. The van der Waals surface area contributed by atoms with Crippen LogP contribution in [0.5, 0.6) is 0 Å². The number of hydrogen-bond donors (Lipinski definition) is 8. The molecular weight excluding hydrogens is 448 g/mol. The number of hydrogen-bond acceptors (Lipinski definition) is 12. The van der Waals surface area contributed by atoms with Crippen LogP contribution in [-0.4, -0.2) is 190 Å². The van der Waals surface area contributed by atoms with E-state index in [2.05, 4.69) is 9.80 Å². The molecule has 0 amide bonds. The molecule has 0 aromatic heterocycles. The van der Waals surface area contributed by atoms with Crippen LogP contribution in [0.2, 0.25) is 0 Å². The Hall–Kier alpha value is -0.480. The minimum atomic E-state index is -0.887. The zero-order valence-corrected chi connectivity index (χ0v) is 20.4. The second kappa shape index (κ2) is 18.7. The van der Waals surface area contributed by atoms with Gasteiger partial charge in [-0.1, -0.05) is 0 Å². The summed E-state index contributed by atoms with van der Waals surface area (Å²) in [5.41, 5.74) is 0. The molecule has 1 aliphatic rings. The zero-order valence-electron chi connectivity index (χ0n) is 20.4. The average Bonchev–Trinajstić information content (AvgIpc) is 2.84. The number of rotatable bonds is 12. The molecule has 1 saturated heterocycles. The maximum absolute atomic E-state index is 10.0. The summed E-state index contributed by atoms with van der Waals surface area (Å²) < 4.78 is 0. The normalized spacial score (nSPS) is 23.3. The largest absolute Gasteiger partial charge is 0.394 e. The van der Waals surface area contributed by atoms with Gasteiger partial charge in [-0.3, -0.25) is 19.6 Å². The van der Waals surface area contributed by atoms with Gasteiger partial charge in [0.05, 0.1) is 50.8 Å². The van der Waals surface area contributed by atoms with Crippen molar-refractivity contribution in [2.45, 2.75) is 37.3 Å². The van der Waals surface area contributed by atoms with E-state index in [9.17, 15) is 40.9 Å². The average molecular weight is 497 g/mol. The van der Waals surface area contributed by atoms with E-state index in [1.807, 2.05) is 9.80 Å². The Balaban J connectivity index is 2.96. The van der Waals surface area contributed by atoms with Crippen LogP contribution < -0.4 is 0 Å². The Bertz CT molecular complexity index is 454. The van der Waals surface area contributed by atoms with Crippen molar-refractivity contribution in [3.05, 3.63) is 0 Å². The van der Waals surface area contributed by atoms with Crippen molar-refractivity contribution in [1.82, 2.24) is 19.6 Å². The van der Waals surface area contributed by atoms with Gasteiger partial charge in [0, 0.05) is 65.4 Å². The first kappa shape index (κ1) is 31.5. The summed E-state index contributed by atoms with van der Waals surface area (Å²) in [7, 11) is 0. The van der Waals surface area contributed by atoms with Crippen molar-refractivity contribution in [3.8, 4) is 0 Å². The van der Waals surface area contributed by atoms with Crippen molar-refractivity contribution < 1.29 is 40.9 Å². The highest BCUT2D eigenvalue weighted by molar-refractivity contribution is 4.75. The Morgan fingerprint density at radius 2 is 0.588 bits per heavy atom. The van der Waals surface area contributed by atoms with Gasteiger partial charge in [-0.15, -0.1) is 0 Å². The summed E-state index contributed by atoms with van der Waals surface area (Å²) in [4.78, 5) is 8.20. The van der Waals surface area contributed by atoms with Crippen molar-refractivity contribution in [1.29, 1.82) is 0 Å². The Labute approximate surface area is 203 Å². The maximum atomic E-state index is 10.0. The van der Waals surface area contributed by atoms with Gasteiger partial charge in [0.2, 0.25) is 0 Å². The quantitative estimate of drug-likeness (QED) is 0.130. The third-order valence-electron chi connectivity index (χ3n) is 6.11. The molecule has 0 aromatic carbocycles. The minimum Gasteiger partial charge on any atom is -0.394 e. The highest BCUT2D eigenvalue weighted by atomic mass is 16.3. The van der Waals surface area contributed by atoms with Gasteiger partial charge in [0.1, 0.15) is 0 Å². The molecule has 34 heavy (non-hydrogen) atoms. The topological polar surface area (TPSA) is 175 Å². The first-order valence-electron chi connectivity index (χ1n) is 12.4. The van der Waals surface area contributed by atoms with Crippen molar-refractivity contribution in [2.24, 2.45) is 0 Å². The molecule has 204 valence electrons. The molecule has 1 aliphatic heterocycles. The fourth-order valence-corrected chi connectivity index (χ4v) is 4.12. The SMILES string of the molecule is OCC(O)CN1CCCCN(CC(O)CO)CCN(CC(O)CO)CCN(CC(O)CO)CC1. The van der Waals surface area contributed by atoms with E-state index in [1.165, 1.54) is 0 Å². The molecule has 1 heterocycles. The minimum absolute atomic E-state index is 0.276. The standard InChI is InChI=1S/C22H48N4O8/c27-15-19(31)11-23-3-1-2-4-24(12-20(32)16-28)6-8-26(14-22(34)18-30)10-9-25(7-5-23)13-21(33)17-29/h19-22,27-34H,1-18H2. The lowest BCUT2D eigenvalue weighted by Crippen LogP contribution is -2.48. The van der Waals surface area contributed by atoms with Gasteiger partial charge >= 0.3 is 0 Å². The van der Waals surface area contributed by atoms with Gasteiger partial charge in [-0.2, -0.15) is 0 Å². The molecule has 1 rings (SSSR count). The predicted octanol–water partition coefficient (Wildman–Crippen LogP) is -4.60. The summed E-state index contributed by atoms with van der Waals surface area (Å²) in [6.45, 7) is 4.85. The molecule has 12 heteroatoms. The van der Waals surface area contributed by atoms with Crippen LogP contribution in [0, 0.1) is 0 Å². The highest BCUT2D eigenvalue weighted by Crippen LogP contribution is 2.06. The van der Waals surface area contributed by atoms with Gasteiger partial charge in [-0.05, 0) is 25.9 Å². The number of aliphatic hydroxyl groups is 8. The van der Waals surface area contributed by atoms with Crippen molar-refractivity contribution >= 4 is 0 Å². The lowest BCUT2D eigenvalue weighted by molar-refractivity contribution is 0.0261. The third kappa shape index (κ3) is 14.2. The maximum Gasteiger partial charge on any atom is 0.0897 e. The van der Waals surface area contributed by atoms with Gasteiger partial charge in [0.25, 0.3) is 0 Å². The monoisotopic (exact) mass is 496 g/mol. The number of nitrogens with zero attached hydrogens (tertiary/aromatic N) is 4. The molecule has 0 aromatic rings. The van der Waals surface area contributed by atoms with Gasteiger partial charge in [-0.25, -0.2) is 0 Å². The Morgan fingerprint density at radius 1 is 0.382 bits per heavy atom. The predicted molar refractivity (Wildman–Crippen MR) is 127 cm³/mol. The summed E-state index contributed by atoms with van der Waals surface area (Å²) in [5, 5.41) is 77.1. The van der Waals surface area contributed by atoms with Crippen LogP contribution in [0.15, 0.2) is 0 Å². The molecule has 0 spiro atoms. The molecular formula is C22H48N4O8. The second-order valence-corrected chi connectivity index (χ2v) is 9.26. The highest BCUT2D eigenvalue weighted by Gasteiger charge is 2.20. The molecule has 0 bridgehead atoms. The van der Waals surface area contributed by atoms with Crippen LogP contribution in [0.25, 0.3) is 0 Å². The van der Waals surface area contributed by atoms with Crippen molar-refractivity contribution in [2.75, 3.05) is 105 Å². The molecule has 4 atom stereocenters. The molecule has 1 fully saturated rings. The molecule has 0 aliphatic carbocycles. The van der Waals surface area contributed by atoms with Gasteiger partial charge in [0.15, 0.2) is 0 Å². The number of β-amino-alcohol motifs (C(OH)–C–C–N with tert-alkyl or cyclic N) is 4. The smallest absolute Gasteiger partial charge is 0.0897 e. The lowest BCUT2D eigenvalue weighted by atomic mass is 10.2. The van der Waals surface area contributed by atoms with E-state index in [0.29, 0.717) is 52.4 Å². The van der Waals surface area contributed by atoms with Crippen LogP contribution in [0.1, 0.15) is 12.8 Å². The third-order valence-corrected chi connectivity index (χ3v) is 6.11. The van der Waals surface area contributed by atoms with E-state index < -0.39 is 24.4 Å². The summed E-state index contributed by atoms with van der Waals surface area (Å²) in [6, 6.07) is 0. The zero-order chi connectivity index (χ0) is 25.3. The van der Waals surface area contributed by atoms with E-state index in [-0.39, 0.29) is 39.5 Å². The number of aliphatic hydroxyl groups excluding tert-OH is 8. The molecule has 12 nitrogen and oxygen atoms in total. The molecule has 4 unspecified atom stereocenters. The fraction of sp³-hybridized carbons (Fsp3) is 1.00. The fourth-order valence-electron chi connectivity index (χ4n) is 4.12. The Morgan fingerprint density at radius 3 is 0.794 bits per heavy atom. The van der Waals surface area contributed by atoms with E-state index in [4.69, 9.17) is 0 Å². The first-order chi connectivity index (χ1) is 16.3. The molecule has 0 saturated carbocycles. The lowest BCUT2D eigenvalue weighted by Gasteiger charge is -2.34. The summed E-state index contributed by atoms with van der Waals surface area (Å²) in [6.07, 6.45) is -1.78. The second-order valence-electron chi connectivity index (χ2n) is 9.26. The van der Waals surface area contributed by atoms with E-state index in [0.717, 1.165) is 25.9 Å². The van der Waals surface area contributed by atoms with Crippen molar-refractivity contribution in [3.63, 3.8) is 0 Å². The van der Waals surface area contributed by atoms with Crippen LogP contribution in [-0.2, 0) is 0 Å². The first-order valence-corrected chi connectivity index (χ1v) is 12.4. The summed E-state index contributed by atoms with van der Waals surface area (Å²) >= 11 is 0. The molecule has 0 radical (unpaired) electrons. The Kier molecular flexibility index (Phi) is 17.4. The van der Waals surface area contributed by atoms with Crippen LogP contribution in [0.3, 0.4) is 0 Å². The van der Waals surface area contributed by atoms with Crippen LogP contribution >= 0.6 is 0 Å².